The Bertz CT molecular complexity index is 378. The maximum atomic E-state index is 5.41. The molecule has 0 N–H and O–H groups in total. The summed E-state index contributed by atoms with van der Waals surface area (Å²) in [5.41, 5.74) is 0.987. The summed E-state index contributed by atoms with van der Waals surface area (Å²) in [4.78, 5) is 4.27. The van der Waals surface area contributed by atoms with Crippen LogP contribution in [-0.4, -0.2) is 4.98 Å². The minimum absolute atomic E-state index is 0.759. The molecule has 2 nitrogen and oxygen atoms in total. The normalized spacial score (nSPS) is 31.4. The molecule has 0 aromatic carbocycles. The average Bonchev–Trinajstić information content (AvgIpc) is 2.57. The summed E-state index contributed by atoms with van der Waals surface area (Å²) >= 11 is 0. The lowest BCUT2D eigenvalue weighted by molar-refractivity contribution is 0.489. The number of nitrogens with zero attached hydrogens (tertiary/aromatic N) is 1. The van der Waals surface area contributed by atoms with Crippen LogP contribution < -0.4 is 10.8 Å². The lowest BCUT2D eigenvalue weighted by Crippen LogP contribution is -2.24. The van der Waals surface area contributed by atoms with Gasteiger partial charge < -0.3 is 4.42 Å². The highest BCUT2D eigenvalue weighted by molar-refractivity contribution is 5.45. The Hall–Kier alpha value is -1.05. The van der Waals surface area contributed by atoms with Crippen molar-refractivity contribution in [2.24, 2.45) is 11.8 Å². The fourth-order valence-electron chi connectivity index (χ4n) is 1.71. The summed E-state index contributed by atoms with van der Waals surface area (Å²) in [5.74, 6) is 2.31. The van der Waals surface area contributed by atoms with Crippen molar-refractivity contribution in [1.82, 2.24) is 4.98 Å². The Kier molecular flexibility index (Phi) is 0.799. The second kappa shape index (κ2) is 1.58. The molecule has 11 heavy (non-hydrogen) atoms. The van der Waals surface area contributed by atoms with E-state index in [4.69, 9.17) is 4.42 Å². The van der Waals surface area contributed by atoms with Crippen LogP contribution >= 0.6 is 0 Å². The lowest BCUT2D eigenvalue weighted by atomic mass is 10.2. The van der Waals surface area contributed by atoms with Crippen LogP contribution in [0.1, 0.15) is 12.3 Å². The molecule has 2 aliphatic carbocycles. The van der Waals surface area contributed by atoms with E-state index in [1.165, 1.54) is 6.42 Å². The topological polar surface area (TPSA) is 26.0 Å². The highest BCUT2D eigenvalue weighted by Gasteiger charge is 2.35. The zero-order chi connectivity index (χ0) is 7.42. The number of rotatable bonds is 0. The van der Waals surface area contributed by atoms with E-state index in [0.29, 0.717) is 0 Å². The molecule has 2 heteroatoms. The van der Waals surface area contributed by atoms with E-state index in [1.54, 1.807) is 0 Å². The highest BCUT2D eigenvalue weighted by atomic mass is 16.3. The zero-order valence-electron chi connectivity index (χ0n) is 6.37. The van der Waals surface area contributed by atoms with Crippen molar-refractivity contribution in [2.45, 2.75) is 13.3 Å². The van der Waals surface area contributed by atoms with Crippen LogP contribution in [0.25, 0.3) is 12.2 Å². The Morgan fingerprint density at radius 3 is 3.18 bits per heavy atom. The average molecular weight is 147 g/mol. The van der Waals surface area contributed by atoms with Gasteiger partial charge in [0.05, 0.1) is 0 Å². The van der Waals surface area contributed by atoms with Gasteiger partial charge in [0.25, 0.3) is 0 Å². The van der Waals surface area contributed by atoms with E-state index >= 15 is 0 Å². The summed E-state index contributed by atoms with van der Waals surface area (Å²) in [7, 11) is 0. The third-order valence-corrected chi connectivity index (χ3v) is 2.42. The first-order valence-corrected chi connectivity index (χ1v) is 4.00. The molecule has 0 aliphatic heterocycles. The predicted octanol–water partition coefficient (Wildman–Crippen LogP) is 0.194. The van der Waals surface area contributed by atoms with Crippen LogP contribution in [0.3, 0.4) is 0 Å². The molecule has 0 spiro atoms. The number of aryl methyl sites for hydroxylation is 1. The van der Waals surface area contributed by atoms with Crippen molar-refractivity contribution in [3.8, 4) is 0 Å². The number of oxazole rings is 1. The summed E-state index contributed by atoms with van der Waals surface area (Å²) in [6, 6.07) is 0. The quantitative estimate of drug-likeness (QED) is 0.523. The van der Waals surface area contributed by atoms with E-state index in [2.05, 4.69) is 17.1 Å². The van der Waals surface area contributed by atoms with E-state index in [9.17, 15) is 0 Å². The summed E-state index contributed by atoms with van der Waals surface area (Å²) in [5, 5.41) is 1.06. The predicted molar refractivity (Wildman–Crippen MR) is 41.0 cm³/mol. The van der Waals surface area contributed by atoms with Crippen LogP contribution in [0.15, 0.2) is 4.42 Å². The molecule has 56 valence electrons. The third-order valence-electron chi connectivity index (χ3n) is 2.42. The summed E-state index contributed by atoms with van der Waals surface area (Å²) in [6.45, 7) is 1.89. The number of aromatic nitrogens is 1. The first-order chi connectivity index (χ1) is 5.33. The maximum Gasteiger partial charge on any atom is 0.192 e. The van der Waals surface area contributed by atoms with Crippen LogP contribution in [-0.2, 0) is 0 Å². The second-order valence-electron chi connectivity index (χ2n) is 3.38. The molecule has 0 bridgehead atoms. The second-order valence-corrected chi connectivity index (χ2v) is 3.38. The van der Waals surface area contributed by atoms with Crippen LogP contribution in [0.4, 0.5) is 0 Å². The molecule has 1 fully saturated rings. The number of hydrogen-bond acceptors (Lipinski definition) is 2. The van der Waals surface area contributed by atoms with Gasteiger partial charge in [-0.3, -0.25) is 0 Å². The van der Waals surface area contributed by atoms with Gasteiger partial charge in [-0.25, -0.2) is 4.98 Å². The molecule has 1 saturated carbocycles. The molecule has 1 aromatic heterocycles. The molecule has 3 rings (SSSR count). The minimum Gasteiger partial charge on any atom is -0.441 e. The van der Waals surface area contributed by atoms with Gasteiger partial charge in [0.2, 0.25) is 0 Å². The Labute approximate surface area is 64.2 Å². The van der Waals surface area contributed by atoms with Crippen LogP contribution in [0.5, 0.6) is 0 Å². The van der Waals surface area contributed by atoms with Gasteiger partial charge in [-0.1, -0.05) is 6.08 Å². The molecular weight excluding hydrogens is 138 g/mol. The Morgan fingerprint density at radius 2 is 2.27 bits per heavy atom. The first-order valence-electron chi connectivity index (χ1n) is 4.00. The SMILES string of the molecule is Cc1nc2c(o1)=CC1CC1C=2. The van der Waals surface area contributed by atoms with Crippen LogP contribution in [0.2, 0.25) is 0 Å². The number of hydrogen-bond donors (Lipinski definition) is 0. The lowest BCUT2D eigenvalue weighted by Gasteiger charge is -1.87. The molecule has 2 unspecified atom stereocenters. The largest absolute Gasteiger partial charge is 0.441 e. The van der Waals surface area contributed by atoms with Crippen molar-refractivity contribution in [1.29, 1.82) is 0 Å². The molecule has 0 radical (unpaired) electrons. The monoisotopic (exact) mass is 147 g/mol. The fraction of sp³-hybridized carbons (Fsp3) is 0.444. The molecule has 2 atom stereocenters. The summed E-state index contributed by atoms with van der Waals surface area (Å²) in [6.07, 6.45) is 5.74. The van der Waals surface area contributed by atoms with Crippen molar-refractivity contribution in [2.75, 3.05) is 0 Å². The first kappa shape index (κ1) is 5.58. The van der Waals surface area contributed by atoms with Crippen molar-refractivity contribution >= 4 is 12.2 Å². The minimum atomic E-state index is 0.759. The highest BCUT2D eigenvalue weighted by Crippen LogP contribution is 2.41. The van der Waals surface area contributed by atoms with E-state index in [1.807, 2.05) is 6.92 Å². The van der Waals surface area contributed by atoms with E-state index in [-0.39, 0.29) is 0 Å². The van der Waals surface area contributed by atoms with Crippen molar-refractivity contribution in [3.05, 3.63) is 16.7 Å². The van der Waals surface area contributed by atoms with E-state index < -0.39 is 0 Å². The molecule has 1 heterocycles. The smallest absolute Gasteiger partial charge is 0.192 e. The van der Waals surface area contributed by atoms with Gasteiger partial charge >= 0.3 is 0 Å². The Balaban J connectivity index is 2.40. The molecule has 2 aliphatic rings. The molecule has 1 aromatic rings. The number of fused-ring (bicyclic) bond motifs is 2. The standard InChI is InChI=1S/C9H9NO/c1-5-10-8-3-6-2-7(6)4-9(8)11-5/h3-4,6-7H,2H2,1H3. The Morgan fingerprint density at radius 1 is 1.45 bits per heavy atom. The molecule has 0 saturated heterocycles. The molecule has 0 amide bonds. The van der Waals surface area contributed by atoms with Crippen molar-refractivity contribution in [3.63, 3.8) is 0 Å². The zero-order valence-corrected chi connectivity index (χ0v) is 6.37. The third kappa shape index (κ3) is 0.694. The van der Waals surface area contributed by atoms with Gasteiger partial charge in [0, 0.05) is 6.92 Å². The van der Waals surface area contributed by atoms with Crippen LogP contribution in [0, 0.1) is 18.8 Å². The van der Waals surface area contributed by atoms with Gasteiger partial charge in [0.15, 0.2) is 11.3 Å². The molecular formula is C9H9NO. The van der Waals surface area contributed by atoms with Gasteiger partial charge in [-0.05, 0) is 24.3 Å². The maximum absolute atomic E-state index is 5.41. The van der Waals surface area contributed by atoms with Gasteiger partial charge in [-0.2, -0.15) is 0 Å². The fourth-order valence-corrected chi connectivity index (χ4v) is 1.71. The van der Waals surface area contributed by atoms with E-state index in [0.717, 1.165) is 28.5 Å². The van der Waals surface area contributed by atoms with Crippen molar-refractivity contribution < 1.29 is 4.42 Å². The van der Waals surface area contributed by atoms with Gasteiger partial charge in [-0.15, -0.1) is 0 Å². The summed E-state index contributed by atoms with van der Waals surface area (Å²) < 4.78 is 5.41. The van der Waals surface area contributed by atoms with Gasteiger partial charge in [0.1, 0.15) is 5.35 Å².